The highest BCUT2D eigenvalue weighted by Gasteiger charge is 2.40. The minimum atomic E-state index is -0.415. The molecule has 1 aliphatic rings. The van der Waals surface area contributed by atoms with Crippen LogP contribution >= 0.6 is 0 Å². The second kappa shape index (κ2) is 8.51. The molecule has 0 fully saturated rings. The number of carbonyl (C=O) groups excluding carboxylic acids is 3. The first-order chi connectivity index (χ1) is 15.3. The number of carbonyl (C=O) groups is 3. The minimum absolute atomic E-state index is 0.184. The van der Waals surface area contributed by atoms with Gasteiger partial charge < -0.3 is 10.6 Å². The van der Waals surface area contributed by atoms with Crippen molar-refractivity contribution in [3.63, 3.8) is 0 Å². The highest BCUT2D eigenvalue weighted by molar-refractivity contribution is 6.46. The van der Waals surface area contributed by atoms with E-state index in [-0.39, 0.29) is 17.2 Å². The number of rotatable bonds is 5. The molecular formula is C26H23N3O3. The molecule has 3 amide bonds. The van der Waals surface area contributed by atoms with E-state index in [0.29, 0.717) is 16.9 Å². The van der Waals surface area contributed by atoms with Gasteiger partial charge in [-0.2, -0.15) is 0 Å². The highest BCUT2D eigenvalue weighted by atomic mass is 16.2. The number of hydrogen-bond donors (Lipinski definition) is 2. The van der Waals surface area contributed by atoms with Gasteiger partial charge in [-0.3, -0.25) is 14.4 Å². The van der Waals surface area contributed by atoms with E-state index in [1.54, 1.807) is 36.4 Å². The third kappa shape index (κ3) is 4.16. The number of nitrogens with one attached hydrogen (secondary N) is 2. The molecule has 2 N–H and O–H groups in total. The monoisotopic (exact) mass is 425 g/mol. The molecule has 6 heteroatoms. The molecular weight excluding hydrogens is 402 g/mol. The van der Waals surface area contributed by atoms with Gasteiger partial charge in [0.15, 0.2) is 0 Å². The molecule has 0 atom stereocenters. The van der Waals surface area contributed by atoms with Crippen LogP contribution in [0.1, 0.15) is 23.6 Å². The van der Waals surface area contributed by atoms with Gasteiger partial charge >= 0.3 is 0 Å². The summed E-state index contributed by atoms with van der Waals surface area (Å²) in [6.07, 6.45) is 0. The van der Waals surface area contributed by atoms with E-state index in [1.165, 1.54) is 11.8 Å². The van der Waals surface area contributed by atoms with Crippen LogP contribution in [0.25, 0.3) is 5.57 Å². The Morgan fingerprint density at radius 1 is 0.781 bits per heavy atom. The van der Waals surface area contributed by atoms with Gasteiger partial charge in [-0.15, -0.1) is 0 Å². The van der Waals surface area contributed by atoms with Gasteiger partial charge in [-0.05, 0) is 61.4 Å². The molecule has 0 unspecified atom stereocenters. The number of hydrogen-bond acceptors (Lipinski definition) is 4. The number of aryl methyl sites for hydroxylation is 2. The zero-order chi connectivity index (χ0) is 22.8. The lowest BCUT2D eigenvalue weighted by Crippen LogP contribution is -2.32. The van der Waals surface area contributed by atoms with Crippen molar-refractivity contribution in [2.45, 2.75) is 20.8 Å². The normalized spacial score (nSPS) is 13.5. The first-order valence-electron chi connectivity index (χ1n) is 10.2. The van der Waals surface area contributed by atoms with Crippen LogP contribution in [0.5, 0.6) is 0 Å². The zero-order valence-electron chi connectivity index (χ0n) is 18.1. The van der Waals surface area contributed by atoms with E-state index in [1.807, 2.05) is 50.2 Å². The molecule has 0 saturated carbocycles. The van der Waals surface area contributed by atoms with Gasteiger partial charge in [0.1, 0.15) is 5.70 Å². The summed E-state index contributed by atoms with van der Waals surface area (Å²) >= 11 is 0. The second-order valence-electron chi connectivity index (χ2n) is 7.78. The maximum atomic E-state index is 13.5. The molecule has 0 bridgehead atoms. The lowest BCUT2D eigenvalue weighted by atomic mass is 10.0. The summed E-state index contributed by atoms with van der Waals surface area (Å²) in [5.74, 6) is -1.00. The SMILES string of the molecule is CC(=O)Nc1ccc(C2=C(Nc3cccc(C)c3)C(=O)N(c3ccc(C)cc3)C2=O)cc1. The van der Waals surface area contributed by atoms with Crippen molar-refractivity contribution >= 4 is 40.4 Å². The molecule has 3 aromatic carbocycles. The van der Waals surface area contributed by atoms with Gasteiger partial charge in [-0.1, -0.05) is 42.0 Å². The third-order valence-corrected chi connectivity index (χ3v) is 5.16. The molecule has 0 saturated heterocycles. The van der Waals surface area contributed by atoms with Crippen molar-refractivity contribution in [3.05, 3.63) is 95.2 Å². The number of nitrogens with zero attached hydrogens (tertiary/aromatic N) is 1. The zero-order valence-corrected chi connectivity index (χ0v) is 18.1. The summed E-state index contributed by atoms with van der Waals surface area (Å²) in [6, 6.07) is 21.7. The van der Waals surface area contributed by atoms with Gasteiger partial charge in [0.05, 0.1) is 11.3 Å². The van der Waals surface area contributed by atoms with E-state index in [4.69, 9.17) is 0 Å². The average molecular weight is 425 g/mol. The van der Waals surface area contributed by atoms with Crippen molar-refractivity contribution in [3.8, 4) is 0 Å². The fraction of sp³-hybridized carbons (Fsp3) is 0.115. The van der Waals surface area contributed by atoms with Crippen molar-refractivity contribution in [1.29, 1.82) is 0 Å². The first-order valence-corrected chi connectivity index (χ1v) is 10.2. The fourth-order valence-corrected chi connectivity index (χ4v) is 3.63. The predicted octanol–water partition coefficient (Wildman–Crippen LogP) is 4.66. The average Bonchev–Trinajstić information content (AvgIpc) is 2.99. The van der Waals surface area contributed by atoms with Gasteiger partial charge in [0, 0.05) is 18.3 Å². The first kappa shape index (κ1) is 21.1. The molecule has 160 valence electrons. The lowest BCUT2D eigenvalue weighted by molar-refractivity contribution is -0.120. The Balaban J connectivity index is 1.78. The Morgan fingerprint density at radius 2 is 1.47 bits per heavy atom. The van der Waals surface area contributed by atoms with Gasteiger partial charge in [0.2, 0.25) is 5.91 Å². The van der Waals surface area contributed by atoms with E-state index >= 15 is 0 Å². The maximum absolute atomic E-state index is 13.5. The Labute approximate surface area is 186 Å². The molecule has 0 radical (unpaired) electrons. The van der Waals surface area contributed by atoms with Crippen LogP contribution in [0.3, 0.4) is 0 Å². The quantitative estimate of drug-likeness (QED) is 0.583. The molecule has 4 rings (SSSR count). The highest BCUT2D eigenvalue weighted by Crippen LogP contribution is 2.34. The number of imide groups is 1. The largest absolute Gasteiger partial charge is 0.350 e. The van der Waals surface area contributed by atoms with Crippen molar-refractivity contribution in [2.24, 2.45) is 0 Å². The van der Waals surface area contributed by atoms with E-state index in [0.717, 1.165) is 16.8 Å². The maximum Gasteiger partial charge on any atom is 0.282 e. The molecule has 32 heavy (non-hydrogen) atoms. The summed E-state index contributed by atoms with van der Waals surface area (Å²) in [6.45, 7) is 5.34. The van der Waals surface area contributed by atoms with Gasteiger partial charge in [0.25, 0.3) is 11.8 Å². The Hall–Kier alpha value is -4.19. The number of amides is 3. The molecule has 0 spiro atoms. The van der Waals surface area contributed by atoms with Crippen LogP contribution in [-0.2, 0) is 14.4 Å². The Morgan fingerprint density at radius 3 is 2.09 bits per heavy atom. The van der Waals surface area contributed by atoms with E-state index in [9.17, 15) is 14.4 Å². The lowest BCUT2D eigenvalue weighted by Gasteiger charge is -2.15. The topological polar surface area (TPSA) is 78.5 Å². The van der Waals surface area contributed by atoms with E-state index < -0.39 is 11.8 Å². The van der Waals surface area contributed by atoms with Crippen molar-refractivity contribution in [2.75, 3.05) is 15.5 Å². The molecule has 0 aliphatic carbocycles. The molecule has 0 aromatic heterocycles. The second-order valence-corrected chi connectivity index (χ2v) is 7.78. The predicted molar refractivity (Wildman–Crippen MR) is 126 cm³/mol. The number of benzene rings is 3. The van der Waals surface area contributed by atoms with Crippen LogP contribution in [0.4, 0.5) is 17.1 Å². The Bertz CT molecular complexity index is 1240. The van der Waals surface area contributed by atoms with Crippen LogP contribution in [0.15, 0.2) is 78.5 Å². The van der Waals surface area contributed by atoms with Crippen LogP contribution < -0.4 is 15.5 Å². The Kier molecular flexibility index (Phi) is 5.60. The standard InChI is InChI=1S/C26H23N3O3/c1-16-7-13-22(14-8-16)29-25(31)23(19-9-11-20(12-10-19)27-18(3)30)24(26(29)32)28-21-6-4-5-17(2)15-21/h4-15,28H,1-3H3,(H,27,30). The van der Waals surface area contributed by atoms with E-state index in [2.05, 4.69) is 10.6 Å². The summed E-state index contributed by atoms with van der Waals surface area (Å²) in [5.41, 5.74) is 5.00. The van der Waals surface area contributed by atoms with Crippen LogP contribution in [-0.4, -0.2) is 17.7 Å². The van der Waals surface area contributed by atoms with Crippen molar-refractivity contribution < 1.29 is 14.4 Å². The number of anilines is 3. The van der Waals surface area contributed by atoms with Gasteiger partial charge in [-0.25, -0.2) is 4.90 Å². The summed E-state index contributed by atoms with van der Waals surface area (Å²) in [4.78, 5) is 39.4. The summed E-state index contributed by atoms with van der Waals surface area (Å²) in [7, 11) is 0. The summed E-state index contributed by atoms with van der Waals surface area (Å²) < 4.78 is 0. The molecule has 1 aliphatic heterocycles. The smallest absolute Gasteiger partial charge is 0.282 e. The van der Waals surface area contributed by atoms with Crippen LogP contribution in [0, 0.1) is 13.8 Å². The molecule has 6 nitrogen and oxygen atoms in total. The molecule has 3 aromatic rings. The third-order valence-electron chi connectivity index (χ3n) is 5.16. The fourth-order valence-electron chi connectivity index (χ4n) is 3.63. The molecule has 1 heterocycles. The van der Waals surface area contributed by atoms with Crippen LogP contribution in [0.2, 0.25) is 0 Å². The minimum Gasteiger partial charge on any atom is -0.350 e. The van der Waals surface area contributed by atoms with Crippen molar-refractivity contribution in [1.82, 2.24) is 0 Å². The summed E-state index contributed by atoms with van der Waals surface area (Å²) in [5, 5.41) is 5.87.